The quantitative estimate of drug-likeness (QED) is 0.890. The van der Waals surface area contributed by atoms with Crippen LogP contribution in [-0.2, 0) is 13.0 Å². The number of aryl methyl sites for hydroxylation is 1. The van der Waals surface area contributed by atoms with E-state index in [1.54, 1.807) is 0 Å². The van der Waals surface area contributed by atoms with Gasteiger partial charge in [-0.05, 0) is 38.6 Å². The third kappa shape index (κ3) is 2.49. The zero-order valence-electron chi connectivity index (χ0n) is 12.9. The standard InChI is InChI=1S/C15H26N4O/c1-4-5-6-13-17-14(20-18-13)10-19-9-11-7-16-8-12(11)15(19,2)3/h11-12,16H,4-10H2,1-3H3. The minimum Gasteiger partial charge on any atom is -0.338 e. The van der Waals surface area contributed by atoms with Crippen LogP contribution >= 0.6 is 0 Å². The predicted octanol–water partition coefficient (Wildman–Crippen LogP) is 1.84. The first-order chi connectivity index (χ1) is 9.61. The van der Waals surface area contributed by atoms with Crippen LogP contribution in [0.5, 0.6) is 0 Å². The highest BCUT2D eigenvalue weighted by Crippen LogP contribution is 2.41. The van der Waals surface area contributed by atoms with Gasteiger partial charge in [-0.1, -0.05) is 18.5 Å². The molecule has 0 radical (unpaired) electrons. The van der Waals surface area contributed by atoms with E-state index < -0.39 is 0 Å². The fourth-order valence-corrected chi connectivity index (χ4v) is 3.73. The molecule has 2 saturated heterocycles. The lowest BCUT2D eigenvalue weighted by atomic mass is 9.85. The Morgan fingerprint density at radius 1 is 1.40 bits per heavy atom. The second kappa shape index (κ2) is 5.45. The number of unbranched alkanes of at least 4 members (excludes halogenated alkanes) is 1. The van der Waals surface area contributed by atoms with Gasteiger partial charge in [-0.3, -0.25) is 4.90 Å². The molecule has 0 aliphatic carbocycles. The largest absolute Gasteiger partial charge is 0.338 e. The summed E-state index contributed by atoms with van der Waals surface area (Å²) in [5.74, 6) is 3.15. The number of likely N-dealkylation sites (tertiary alicyclic amines) is 1. The van der Waals surface area contributed by atoms with E-state index in [0.717, 1.165) is 62.6 Å². The van der Waals surface area contributed by atoms with Crippen molar-refractivity contribution in [1.82, 2.24) is 20.4 Å². The highest BCUT2D eigenvalue weighted by atomic mass is 16.5. The summed E-state index contributed by atoms with van der Waals surface area (Å²) in [6, 6.07) is 0. The van der Waals surface area contributed by atoms with Crippen molar-refractivity contribution >= 4 is 0 Å². The first-order valence-corrected chi connectivity index (χ1v) is 7.88. The molecule has 0 saturated carbocycles. The second-order valence-corrected chi connectivity index (χ2v) is 6.77. The highest BCUT2D eigenvalue weighted by molar-refractivity contribution is 5.05. The molecule has 1 aromatic rings. The number of nitrogens with one attached hydrogen (secondary N) is 1. The van der Waals surface area contributed by atoms with E-state index in [-0.39, 0.29) is 5.54 Å². The zero-order valence-corrected chi connectivity index (χ0v) is 12.9. The van der Waals surface area contributed by atoms with Gasteiger partial charge in [-0.15, -0.1) is 0 Å². The summed E-state index contributed by atoms with van der Waals surface area (Å²) in [4.78, 5) is 7.05. The van der Waals surface area contributed by atoms with E-state index in [4.69, 9.17) is 4.52 Å². The molecular formula is C15H26N4O. The Balaban J connectivity index is 1.64. The van der Waals surface area contributed by atoms with Crippen LogP contribution in [0.15, 0.2) is 4.52 Å². The summed E-state index contributed by atoms with van der Waals surface area (Å²) in [7, 11) is 0. The molecule has 5 heteroatoms. The van der Waals surface area contributed by atoms with Crippen LogP contribution in [0.2, 0.25) is 0 Å². The number of nitrogens with zero attached hydrogens (tertiary/aromatic N) is 3. The average molecular weight is 278 g/mol. The maximum atomic E-state index is 5.42. The van der Waals surface area contributed by atoms with Gasteiger partial charge in [0, 0.05) is 25.0 Å². The van der Waals surface area contributed by atoms with E-state index in [1.165, 1.54) is 6.42 Å². The SMILES string of the molecule is CCCCc1noc(CN2CC3CNCC3C2(C)C)n1. The number of hydrogen-bond acceptors (Lipinski definition) is 5. The molecule has 3 rings (SSSR count). The highest BCUT2D eigenvalue weighted by Gasteiger charge is 2.49. The number of aromatic nitrogens is 2. The van der Waals surface area contributed by atoms with Crippen LogP contribution in [0.3, 0.4) is 0 Å². The second-order valence-electron chi connectivity index (χ2n) is 6.77. The molecule has 0 bridgehead atoms. The Morgan fingerprint density at radius 3 is 3.00 bits per heavy atom. The fraction of sp³-hybridized carbons (Fsp3) is 0.867. The van der Waals surface area contributed by atoms with Gasteiger partial charge >= 0.3 is 0 Å². The number of fused-ring (bicyclic) bond motifs is 1. The smallest absolute Gasteiger partial charge is 0.240 e. The summed E-state index contributed by atoms with van der Waals surface area (Å²) in [5.41, 5.74) is 0.215. The zero-order chi connectivity index (χ0) is 14.2. The van der Waals surface area contributed by atoms with Crippen LogP contribution in [0.25, 0.3) is 0 Å². The van der Waals surface area contributed by atoms with Gasteiger partial charge in [-0.25, -0.2) is 0 Å². The van der Waals surface area contributed by atoms with Gasteiger partial charge in [0.1, 0.15) is 0 Å². The third-order valence-corrected chi connectivity index (χ3v) is 5.11. The summed E-state index contributed by atoms with van der Waals surface area (Å²) in [6.07, 6.45) is 3.22. The first kappa shape index (κ1) is 14.0. The summed E-state index contributed by atoms with van der Waals surface area (Å²) in [6.45, 7) is 11.1. The normalized spacial score (nSPS) is 28.9. The molecule has 112 valence electrons. The van der Waals surface area contributed by atoms with Crippen LogP contribution in [-0.4, -0.2) is 40.2 Å². The Hall–Kier alpha value is -0.940. The van der Waals surface area contributed by atoms with Gasteiger partial charge < -0.3 is 9.84 Å². The Kier molecular flexibility index (Phi) is 3.82. The van der Waals surface area contributed by atoms with Gasteiger partial charge in [0.15, 0.2) is 5.82 Å². The van der Waals surface area contributed by atoms with E-state index in [2.05, 4.69) is 41.1 Å². The van der Waals surface area contributed by atoms with E-state index >= 15 is 0 Å². The Morgan fingerprint density at radius 2 is 2.25 bits per heavy atom. The first-order valence-electron chi connectivity index (χ1n) is 7.88. The van der Waals surface area contributed by atoms with Crippen LogP contribution in [0.1, 0.15) is 45.3 Å². The average Bonchev–Trinajstić information content (AvgIpc) is 3.08. The topological polar surface area (TPSA) is 54.2 Å². The van der Waals surface area contributed by atoms with Crippen LogP contribution in [0, 0.1) is 11.8 Å². The molecule has 0 spiro atoms. The Bertz CT molecular complexity index is 456. The van der Waals surface area contributed by atoms with Gasteiger partial charge in [0.05, 0.1) is 6.54 Å². The van der Waals surface area contributed by atoms with Crippen molar-refractivity contribution in [2.24, 2.45) is 11.8 Å². The lowest BCUT2D eigenvalue weighted by Gasteiger charge is -2.34. The third-order valence-electron chi connectivity index (χ3n) is 5.11. The van der Waals surface area contributed by atoms with Crippen molar-refractivity contribution < 1.29 is 4.52 Å². The molecule has 0 aromatic carbocycles. The van der Waals surface area contributed by atoms with Crippen molar-refractivity contribution in [2.75, 3.05) is 19.6 Å². The molecule has 2 fully saturated rings. The van der Waals surface area contributed by atoms with E-state index in [9.17, 15) is 0 Å². The molecule has 2 unspecified atom stereocenters. The van der Waals surface area contributed by atoms with Crippen LogP contribution < -0.4 is 5.32 Å². The van der Waals surface area contributed by atoms with Crippen molar-refractivity contribution in [1.29, 1.82) is 0 Å². The monoisotopic (exact) mass is 278 g/mol. The molecule has 2 aliphatic rings. The van der Waals surface area contributed by atoms with Crippen molar-refractivity contribution in [2.45, 2.75) is 52.1 Å². The lowest BCUT2D eigenvalue weighted by molar-refractivity contribution is 0.117. The van der Waals surface area contributed by atoms with Crippen molar-refractivity contribution in [3.63, 3.8) is 0 Å². The van der Waals surface area contributed by atoms with E-state index in [0.29, 0.717) is 0 Å². The molecule has 3 heterocycles. The molecule has 1 N–H and O–H groups in total. The van der Waals surface area contributed by atoms with Gasteiger partial charge in [0.25, 0.3) is 0 Å². The minimum atomic E-state index is 0.215. The van der Waals surface area contributed by atoms with Crippen molar-refractivity contribution in [3.8, 4) is 0 Å². The van der Waals surface area contributed by atoms with Crippen LogP contribution in [0.4, 0.5) is 0 Å². The minimum absolute atomic E-state index is 0.215. The summed E-state index contributed by atoms with van der Waals surface area (Å²) < 4.78 is 5.42. The molecule has 2 aliphatic heterocycles. The van der Waals surface area contributed by atoms with Crippen molar-refractivity contribution in [3.05, 3.63) is 11.7 Å². The van der Waals surface area contributed by atoms with Gasteiger partial charge in [0.2, 0.25) is 5.89 Å². The van der Waals surface area contributed by atoms with E-state index in [1.807, 2.05) is 0 Å². The van der Waals surface area contributed by atoms with Gasteiger partial charge in [-0.2, -0.15) is 4.98 Å². The Labute approximate surface area is 121 Å². The molecule has 0 amide bonds. The fourth-order valence-electron chi connectivity index (χ4n) is 3.73. The maximum absolute atomic E-state index is 5.42. The molecule has 1 aromatic heterocycles. The maximum Gasteiger partial charge on any atom is 0.240 e. The number of hydrogen-bond donors (Lipinski definition) is 1. The molecule has 2 atom stereocenters. The predicted molar refractivity (Wildman–Crippen MR) is 77.2 cm³/mol. The number of rotatable bonds is 5. The molecular weight excluding hydrogens is 252 g/mol. The molecule has 5 nitrogen and oxygen atoms in total. The summed E-state index contributed by atoms with van der Waals surface area (Å²) in [5, 5.41) is 7.60. The molecule has 20 heavy (non-hydrogen) atoms. The lowest BCUT2D eigenvalue weighted by Crippen LogP contribution is -2.43. The summed E-state index contributed by atoms with van der Waals surface area (Å²) >= 11 is 0.